The Morgan fingerprint density at radius 3 is 3.06 bits per heavy atom. The standard InChI is InChI=1S/C13H13FO2/c1-2-16-13(15)8-10-4-3-9-7-11(14)5-6-12(9)10/h5-8H,2-4H2,1H3/b10-8+. The van der Waals surface area contributed by atoms with Crippen LogP contribution in [0.4, 0.5) is 4.39 Å². The highest BCUT2D eigenvalue weighted by molar-refractivity contribution is 5.92. The molecule has 0 bridgehead atoms. The van der Waals surface area contributed by atoms with Crippen molar-refractivity contribution in [2.75, 3.05) is 6.61 Å². The van der Waals surface area contributed by atoms with Gasteiger partial charge in [0, 0.05) is 6.08 Å². The Kier molecular flexibility index (Phi) is 3.04. The summed E-state index contributed by atoms with van der Waals surface area (Å²) in [5.74, 6) is -0.550. The van der Waals surface area contributed by atoms with Gasteiger partial charge in [-0.15, -0.1) is 0 Å². The first-order chi connectivity index (χ1) is 7.70. The van der Waals surface area contributed by atoms with E-state index in [9.17, 15) is 9.18 Å². The molecule has 0 unspecified atom stereocenters. The van der Waals surface area contributed by atoms with Crippen LogP contribution in [0, 0.1) is 5.82 Å². The van der Waals surface area contributed by atoms with E-state index in [2.05, 4.69) is 0 Å². The summed E-state index contributed by atoms with van der Waals surface area (Å²) in [5.41, 5.74) is 2.87. The molecular weight excluding hydrogens is 207 g/mol. The van der Waals surface area contributed by atoms with Crippen molar-refractivity contribution in [3.63, 3.8) is 0 Å². The average molecular weight is 220 g/mol. The average Bonchev–Trinajstić information content (AvgIpc) is 2.61. The second-order valence-electron chi connectivity index (χ2n) is 3.72. The van der Waals surface area contributed by atoms with Crippen molar-refractivity contribution in [2.24, 2.45) is 0 Å². The number of benzene rings is 1. The van der Waals surface area contributed by atoms with Crippen LogP contribution in [0.25, 0.3) is 5.57 Å². The molecule has 0 spiro atoms. The molecule has 16 heavy (non-hydrogen) atoms. The predicted octanol–water partition coefficient (Wildman–Crippen LogP) is 2.72. The second kappa shape index (κ2) is 4.47. The van der Waals surface area contributed by atoms with Gasteiger partial charge in [-0.25, -0.2) is 9.18 Å². The van der Waals surface area contributed by atoms with Gasteiger partial charge in [0.1, 0.15) is 5.82 Å². The Hall–Kier alpha value is -1.64. The van der Waals surface area contributed by atoms with Crippen LogP contribution in [0.5, 0.6) is 0 Å². The number of allylic oxidation sites excluding steroid dienone is 1. The Morgan fingerprint density at radius 1 is 1.50 bits per heavy atom. The van der Waals surface area contributed by atoms with Gasteiger partial charge in [0.05, 0.1) is 6.61 Å². The number of hydrogen-bond acceptors (Lipinski definition) is 2. The molecule has 1 aromatic carbocycles. The molecule has 1 aliphatic rings. The molecule has 0 N–H and O–H groups in total. The van der Waals surface area contributed by atoms with Crippen LogP contribution < -0.4 is 0 Å². The van der Waals surface area contributed by atoms with Gasteiger partial charge in [-0.1, -0.05) is 6.07 Å². The molecule has 0 atom stereocenters. The Morgan fingerprint density at radius 2 is 2.31 bits per heavy atom. The summed E-state index contributed by atoms with van der Waals surface area (Å²) in [6.45, 7) is 2.15. The van der Waals surface area contributed by atoms with Crippen molar-refractivity contribution in [3.05, 3.63) is 41.2 Å². The molecule has 1 aliphatic carbocycles. The lowest BCUT2D eigenvalue weighted by atomic mass is 10.1. The van der Waals surface area contributed by atoms with Crippen LogP contribution in [0.2, 0.25) is 0 Å². The van der Waals surface area contributed by atoms with Gasteiger partial charge in [0.2, 0.25) is 0 Å². The Balaban J connectivity index is 2.26. The molecule has 2 nitrogen and oxygen atoms in total. The van der Waals surface area contributed by atoms with Gasteiger partial charge in [0.15, 0.2) is 0 Å². The second-order valence-corrected chi connectivity index (χ2v) is 3.72. The maximum Gasteiger partial charge on any atom is 0.331 e. The van der Waals surface area contributed by atoms with E-state index in [1.165, 1.54) is 18.2 Å². The first-order valence-electron chi connectivity index (χ1n) is 5.37. The van der Waals surface area contributed by atoms with E-state index in [1.807, 2.05) is 0 Å². The van der Waals surface area contributed by atoms with Gasteiger partial charge in [-0.3, -0.25) is 0 Å². The smallest absolute Gasteiger partial charge is 0.331 e. The normalized spacial score (nSPS) is 16.2. The third-order valence-electron chi connectivity index (χ3n) is 2.66. The van der Waals surface area contributed by atoms with E-state index in [1.54, 1.807) is 13.0 Å². The first kappa shape index (κ1) is 10.9. The van der Waals surface area contributed by atoms with Gasteiger partial charge in [-0.05, 0) is 48.6 Å². The number of halogens is 1. The van der Waals surface area contributed by atoms with Crippen LogP contribution in [0.15, 0.2) is 24.3 Å². The highest BCUT2D eigenvalue weighted by atomic mass is 19.1. The molecule has 0 fully saturated rings. The number of ether oxygens (including phenoxy) is 1. The van der Waals surface area contributed by atoms with Crippen LogP contribution in [0.1, 0.15) is 24.5 Å². The predicted molar refractivity (Wildman–Crippen MR) is 59.3 cm³/mol. The van der Waals surface area contributed by atoms with Gasteiger partial charge >= 0.3 is 5.97 Å². The van der Waals surface area contributed by atoms with E-state index < -0.39 is 0 Å². The number of fused-ring (bicyclic) bond motifs is 1. The molecule has 0 saturated carbocycles. The van der Waals surface area contributed by atoms with Crippen LogP contribution >= 0.6 is 0 Å². The number of rotatable bonds is 2. The van der Waals surface area contributed by atoms with Gasteiger partial charge in [0.25, 0.3) is 0 Å². The lowest BCUT2D eigenvalue weighted by Gasteiger charge is -2.01. The van der Waals surface area contributed by atoms with Gasteiger partial charge < -0.3 is 4.74 Å². The van der Waals surface area contributed by atoms with Crippen molar-refractivity contribution in [3.8, 4) is 0 Å². The molecule has 0 aromatic heterocycles. The number of carbonyl (C=O) groups is 1. The largest absolute Gasteiger partial charge is 0.463 e. The van der Waals surface area contributed by atoms with Crippen molar-refractivity contribution in [2.45, 2.75) is 19.8 Å². The lowest BCUT2D eigenvalue weighted by molar-refractivity contribution is -0.137. The van der Waals surface area contributed by atoms with Gasteiger partial charge in [-0.2, -0.15) is 0 Å². The maximum atomic E-state index is 13.0. The highest BCUT2D eigenvalue weighted by Gasteiger charge is 2.17. The number of carbonyl (C=O) groups excluding carboxylic acids is 1. The van der Waals surface area contributed by atoms with Crippen molar-refractivity contribution in [1.29, 1.82) is 0 Å². The van der Waals surface area contributed by atoms with Crippen LogP contribution in [-0.2, 0) is 16.0 Å². The van der Waals surface area contributed by atoms with Crippen LogP contribution in [0.3, 0.4) is 0 Å². The molecule has 1 aromatic rings. The van der Waals surface area contributed by atoms with Crippen molar-refractivity contribution < 1.29 is 13.9 Å². The van der Waals surface area contributed by atoms with E-state index in [-0.39, 0.29) is 11.8 Å². The SMILES string of the molecule is CCOC(=O)/C=C1\CCc2cc(F)ccc21. The van der Waals surface area contributed by atoms with E-state index in [4.69, 9.17) is 4.74 Å². The fourth-order valence-corrected chi connectivity index (χ4v) is 1.96. The minimum Gasteiger partial charge on any atom is -0.463 e. The molecule has 3 heteroatoms. The minimum absolute atomic E-state index is 0.226. The minimum atomic E-state index is -0.324. The summed E-state index contributed by atoms with van der Waals surface area (Å²) in [4.78, 5) is 11.3. The van der Waals surface area contributed by atoms with E-state index in [0.717, 1.165) is 29.5 Å². The van der Waals surface area contributed by atoms with Crippen LogP contribution in [-0.4, -0.2) is 12.6 Å². The topological polar surface area (TPSA) is 26.3 Å². The molecule has 0 heterocycles. The molecule has 2 rings (SSSR count). The summed E-state index contributed by atoms with van der Waals surface area (Å²) in [6.07, 6.45) is 3.07. The lowest BCUT2D eigenvalue weighted by Crippen LogP contribution is -2.00. The highest BCUT2D eigenvalue weighted by Crippen LogP contribution is 2.32. The molecule has 84 valence electrons. The van der Waals surface area contributed by atoms with Crippen molar-refractivity contribution in [1.82, 2.24) is 0 Å². The van der Waals surface area contributed by atoms with Crippen molar-refractivity contribution >= 4 is 11.5 Å². The fraction of sp³-hybridized carbons (Fsp3) is 0.308. The Labute approximate surface area is 93.7 Å². The number of hydrogen-bond donors (Lipinski definition) is 0. The zero-order valence-corrected chi connectivity index (χ0v) is 9.13. The monoisotopic (exact) mass is 220 g/mol. The molecule has 0 aliphatic heterocycles. The zero-order valence-electron chi connectivity index (χ0n) is 9.13. The number of esters is 1. The third-order valence-corrected chi connectivity index (χ3v) is 2.66. The molecule has 0 saturated heterocycles. The molecule has 0 radical (unpaired) electrons. The summed E-state index contributed by atoms with van der Waals surface area (Å²) < 4.78 is 17.8. The first-order valence-corrected chi connectivity index (χ1v) is 5.37. The summed E-state index contributed by atoms with van der Waals surface area (Å²) in [5, 5.41) is 0. The summed E-state index contributed by atoms with van der Waals surface area (Å²) in [6, 6.07) is 4.67. The maximum absolute atomic E-state index is 13.0. The molecule has 0 amide bonds. The Bertz CT molecular complexity index is 449. The third kappa shape index (κ3) is 2.13. The van der Waals surface area contributed by atoms with E-state index >= 15 is 0 Å². The quantitative estimate of drug-likeness (QED) is 0.566. The zero-order chi connectivity index (χ0) is 11.5. The molecular formula is C13H13FO2. The number of aryl methyl sites for hydroxylation is 1. The summed E-state index contributed by atoms with van der Waals surface area (Å²) >= 11 is 0. The fourth-order valence-electron chi connectivity index (χ4n) is 1.96. The summed E-state index contributed by atoms with van der Waals surface area (Å²) in [7, 11) is 0. The van der Waals surface area contributed by atoms with E-state index in [0.29, 0.717) is 6.61 Å².